The van der Waals surface area contributed by atoms with E-state index in [4.69, 9.17) is 15.2 Å². The molecule has 0 spiro atoms. The van der Waals surface area contributed by atoms with Crippen LogP contribution in [0.3, 0.4) is 0 Å². The van der Waals surface area contributed by atoms with Crippen LogP contribution in [0, 0.1) is 0 Å². The van der Waals surface area contributed by atoms with Crippen molar-refractivity contribution in [2.24, 2.45) is 0 Å². The Bertz CT molecular complexity index is 357. The van der Waals surface area contributed by atoms with Crippen molar-refractivity contribution in [3.8, 4) is 0 Å². The summed E-state index contributed by atoms with van der Waals surface area (Å²) in [7, 11) is 1.77. The Kier molecular flexibility index (Phi) is 4.34. The zero-order chi connectivity index (χ0) is 12.1. The van der Waals surface area contributed by atoms with Crippen molar-refractivity contribution >= 4 is 5.82 Å². The van der Waals surface area contributed by atoms with Crippen molar-refractivity contribution in [3.63, 3.8) is 0 Å². The number of nitrogens with zero attached hydrogens (tertiary/aromatic N) is 1. The van der Waals surface area contributed by atoms with Crippen LogP contribution in [-0.4, -0.2) is 24.3 Å². The van der Waals surface area contributed by atoms with Gasteiger partial charge >= 0.3 is 0 Å². The SMILES string of the molecule is COC1CCCC(OCc2cccnc2N)C1. The second-order valence-corrected chi connectivity index (χ2v) is 4.51. The second kappa shape index (κ2) is 5.98. The number of hydrogen-bond donors (Lipinski definition) is 1. The van der Waals surface area contributed by atoms with Crippen molar-refractivity contribution in [3.05, 3.63) is 23.9 Å². The summed E-state index contributed by atoms with van der Waals surface area (Å²) in [6.45, 7) is 0.542. The number of nitrogens with two attached hydrogens (primary N) is 1. The van der Waals surface area contributed by atoms with E-state index in [2.05, 4.69) is 4.98 Å². The van der Waals surface area contributed by atoms with E-state index in [-0.39, 0.29) is 6.10 Å². The van der Waals surface area contributed by atoms with Crippen molar-refractivity contribution in [2.45, 2.75) is 44.5 Å². The molecular weight excluding hydrogens is 216 g/mol. The van der Waals surface area contributed by atoms with Gasteiger partial charge in [-0.15, -0.1) is 0 Å². The molecule has 17 heavy (non-hydrogen) atoms. The summed E-state index contributed by atoms with van der Waals surface area (Å²) in [4.78, 5) is 4.05. The van der Waals surface area contributed by atoms with Crippen LogP contribution in [0.1, 0.15) is 31.2 Å². The molecule has 1 aliphatic carbocycles. The molecule has 1 aromatic rings. The molecule has 94 valence electrons. The number of ether oxygens (including phenoxy) is 2. The van der Waals surface area contributed by atoms with Crippen LogP contribution in [0.15, 0.2) is 18.3 Å². The standard InChI is InChI=1S/C13H20N2O2/c1-16-11-5-2-6-12(8-11)17-9-10-4-3-7-15-13(10)14/h3-4,7,11-12H,2,5-6,8-9H2,1H3,(H2,14,15). The number of nitrogen functional groups attached to an aromatic ring is 1. The van der Waals surface area contributed by atoms with E-state index in [9.17, 15) is 0 Å². The monoisotopic (exact) mass is 236 g/mol. The number of hydrogen-bond acceptors (Lipinski definition) is 4. The minimum absolute atomic E-state index is 0.285. The Morgan fingerprint density at radius 1 is 1.41 bits per heavy atom. The van der Waals surface area contributed by atoms with Crippen molar-refractivity contribution < 1.29 is 9.47 Å². The summed E-state index contributed by atoms with van der Waals surface area (Å²) in [5.74, 6) is 0.562. The predicted octanol–water partition coefficient (Wildman–Crippen LogP) is 2.14. The average molecular weight is 236 g/mol. The maximum Gasteiger partial charge on any atom is 0.128 e. The molecule has 0 bridgehead atoms. The Labute approximate surface area is 102 Å². The Morgan fingerprint density at radius 2 is 2.24 bits per heavy atom. The van der Waals surface area contributed by atoms with Gasteiger partial charge in [0.25, 0.3) is 0 Å². The van der Waals surface area contributed by atoms with Gasteiger partial charge in [-0.2, -0.15) is 0 Å². The lowest BCUT2D eigenvalue weighted by Gasteiger charge is -2.28. The first-order valence-corrected chi connectivity index (χ1v) is 6.13. The molecule has 2 unspecified atom stereocenters. The lowest BCUT2D eigenvalue weighted by atomic mass is 9.95. The minimum Gasteiger partial charge on any atom is -0.383 e. The fourth-order valence-electron chi connectivity index (χ4n) is 2.25. The van der Waals surface area contributed by atoms with Gasteiger partial charge in [-0.1, -0.05) is 6.07 Å². The fraction of sp³-hybridized carbons (Fsp3) is 0.615. The van der Waals surface area contributed by atoms with Gasteiger partial charge in [0.05, 0.1) is 18.8 Å². The molecule has 1 fully saturated rings. The molecule has 2 N–H and O–H groups in total. The lowest BCUT2D eigenvalue weighted by Crippen LogP contribution is -2.27. The summed E-state index contributed by atoms with van der Waals surface area (Å²) in [6, 6.07) is 3.84. The van der Waals surface area contributed by atoms with Crippen LogP contribution < -0.4 is 5.73 Å². The topological polar surface area (TPSA) is 57.4 Å². The van der Waals surface area contributed by atoms with E-state index >= 15 is 0 Å². The van der Waals surface area contributed by atoms with Crippen LogP contribution in [-0.2, 0) is 16.1 Å². The van der Waals surface area contributed by atoms with E-state index < -0.39 is 0 Å². The second-order valence-electron chi connectivity index (χ2n) is 4.51. The van der Waals surface area contributed by atoms with Crippen molar-refractivity contribution in [1.29, 1.82) is 0 Å². The van der Waals surface area contributed by atoms with Gasteiger partial charge in [0.1, 0.15) is 5.82 Å². The largest absolute Gasteiger partial charge is 0.383 e. The van der Waals surface area contributed by atoms with Crippen LogP contribution in [0.5, 0.6) is 0 Å². The molecular formula is C13H20N2O2. The van der Waals surface area contributed by atoms with E-state index in [1.54, 1.807) is 13.3 Å². The maximum absolute atomic E-state index is 5.88. The third-order valence-corrected chi connectivity index (χ3v) is 3.31. The summed E-state index contributed by atoms with van der Waals surface area (Å²) < 4.78 is 11.3. The molecule has 2 rings (SSSR count). The number of rotatable bonds is 4. The fourth-order valence-corrected chi connectivity index (χ4v) is 2.25. The van der Waals surface area contributed by atoms with Gasteiger partial charge in [0.15, 0.2) is 0 Å². The molecule has 0 saturated heterocycles. The summed E-state index contributed by atoms with van der Waals surface area (Å²) >= 11 is 0. The van der Waals surface area contributed by atoms with E-state index in [0.29, 0.717) is 18.5 Å². The van der Waals surface area contributed by atoms with Crippen LogP contribution in [0.25, 0.3) is 0 Å². The molecule has 0 aliphatic heterocycles. The van der Waals surface area contributed by atoms with Crippen LogP contribution in [0.4, 0.5) is 5.82 Å². The maximum atomic E-state index is 5.88. The molecule has 1 saturated carbocycles. The van der Waals surface area contributed by atoms with Crippen LogP contribution >= 0.6 is 0 Å². The summed E-state index contributed by atoms with van der Waals surface area (Å²) in [5, 5.41) is 0. The molecule has 4 nitrogen and oxygen atoms in total. The number of aromatic nitrogens is 1. The van der Waals surface area contributed by atoms with E-state index in [0.717, 1.165) is 24.8 Å². The minimum atomic E-state index is 0.285. The lowest BCUT2D eigenvalue weighted by molar-refractivity contribution is -0.0362. The van der Waals surface area contributed by atoms with Gasteiger partial charge in [-0.05, 0) is 31.7 Å². The van der Waals surface area contributed by atoms with Gasteiger partial charge in [0.2, 0.25) is 0 Å². The van der Waals surface area contributed by atoms with Gasteiger partial charge < -0.3 is 15.2 Å². The highest BCUT2D eigenvalue weighted by atomic mass is 16.5. The molecule has 2 atom stereocenters. The number of methoxy groups -OCH3 is 1. The Hall–Kier alpha value is -1.13. The van der Waals surface area contributed by atoms with Crippen molar-refractivity contribution in [1.82, 2.24) is 4.98 Å². The zero-order valence-electron chi connectivity index (χ0n) is 10.3. The van der Waals surface area contributed by atoms with Crippen molar-refractivity contribution in [2.75, 3.05) is 12.8 Å². The Balaban J connectivity index is 1.84. The van der Waals surface area contributed by atoms with Gasteiger partial charge in [-0.3, -0.25) is 0 Å². The molecule has 1 aromatic heterocycles. The highest BCUT2D eigenvalue weighted by molar-refractivity contribution is 5.37. The first-order chi connectivity index (χ1) is 8.29. The normalized spacial score (nSPS) is 24.8. The smallest absolute Gasteiger partial charge is 0.128 e. The highest BCUT2D eigenvalue weighted by Gasteiger charge is 2.22. The molecule has 0 radical (unpaired) electrons. The Morgan fingerprint density at radius 3 is 3.00 bits per heavy atom. The predicted molar refractivity (Wildman–Crippen MR) is 66.5 cm³/mol. The van der Waals surface area contributed by atoms with Crippen LogP contribution in [0.2, 0.25) is 0 Å². The van der Waals surface area contributed by atoms with Gasteiger partial charge in [-0.25, -0.2) is 4.98 Å². The molecule has 4 heteroatoms. The number of anilines is 1. The number of pyridine rings is 1. The quantitative estimate of drug-likeness (QED) is 0.870. The molecule has 0 amide bonds. The summed E-state index contributed by atoms with van der Waals surface area (Å²) in [6.07, 6.45) is 6.74. The van der Waals surface area contributed by atoms with Gasteiger partial charge in [0, 0.05) is 18.9 Å². The average Bonchev–Trinajstić information content (AvgIpc) is 2.38. The third-order valence-electron chi connectivity index (χ3n) is 3.31. The summed E-state index contributed by atoms with van der Waals surface area (Å²) in [5.41, 5.74) is 6.74. The third kappa shape index (κ3) is 3.41. The molecule has 1 heterocycles. The van der Waals surface area contributed by atoms with E-state index in [1.165, 1.54) is 6.42 Å². The van der Waals surface area contributed by atoms with E-state index in [1.807, 2.05) is 12.1 Å². The first kappa shape index (κ1) is 12.3. The molecule has 1 aliphatic rings. The zero-order valence-corrected chi connectivity index (χ0v) is 10.3. The molecule has 0 aromatic carbocycles. The first-order valence-electron chi connectivity index (χ1n) is 6.13. The highest BCUT2D eigenvalue weighted by Crippen LogP contribution is 2.24.